The van der Waals surface area contributed by atoms with E-state index in [1.54, 1.807) is 0 Å². The number of benzene rings is 3. The topological polar surface area (TPSA) is 29.1 Å². The van der Waals surface area contributed by atoms with Gasteiger partial charge in [0.25, 0.3) is 5.91 Å². The predicted octanol–water partition coefficient (Wildman–Crippen LogP) is 5.19. The van der Waals surface area contributed by atoms with E-state index in [9.17, 15) is 4.79 Å². The molecule has 1 N–H and O–H groups in total. The van der Waals surface area contributed by atoms with Crippen LogP contribution in [0.3, 0.4) is 0 Å². The van der Waals surface area contributed by atoms with Crippen LogP contribution >= 0.6 is 0 Å². The Kier molecular flexibility index (Phi) is 5.22. The van der Waals surface area contributed by atoms with Gasteiger partial charge in [-0.2, -0.15) is 0 Å². The maximum absolute atomic E-state index is 13.1. The first-order valence-electron chi connectivity index (χ1n) is 8.97. The minimum absolute atomic E-state index is 0.0338. The first-order chi connectivity index (χ1) is 12.5. The SMILES string of the molecule is Cc1ccc(C)c(C(=O)NC(C)(Cc2ccccc2)c2ccccc2)c1. The Bertz CT molecular complexity index is 887. The Balaban J connectivity index is 1.96. The molecular weight excluding hydrogens is 318 g/mol. The van der Waals surface area contributed by atoms with Crippen LogP contribution in [0.2, 0.25) is 0 Å². The van der Waals surface area contributed by atoms with E-state index in [0.717, 1.165) is 28.7 Å². The monoisotopic (exact) mass is 343 g/mol. The summed E-state index contributed by atoms with van der Waals surface area (Å²) < 4.78 is 0. The molecule has 0 saturated heterocycles. The number of aryl methyl sites for hydroxylation is 2. The Hall–Kier alpha value is -2.87. The van der Waals surface area contributed by atoms with Crippen molar-refractivity contribution in [2.24, 2.45) is 0 Å². The van der Waals surface area contributed by atoms with E-state index in [1.165, 1.54) is 5.56 Å². The summed E-state index contributed by atoms with van der Waals surface area (Å²) >= 11 is 0. The van der Waals surface area contributed by atoms with Crippen molar-refractivity contribution in [3.63, 3.8) is 0 Å². The first-order valence-corrected chi connectivity index (χ1v) is 8.97. The molecule has 3 aromatic carbocycles. The van der Waals surface area contributed by atoms with Gasteiger partial charge >= 0.3 is 0 Å². The summed E-state index contributed by atoms with van der Waals surface area (Å²) in [6.45, 7) is 6.08. The van der Waals surface area contributed by atoms with Crippen molar-refractivity contribution in [1.29, 1.82) is 0 Å². The van der Waals surface area contributed by atoms with Gasteiger partial charge in [0, 0.05) is 5.56 Å². The Morgan fingerprint density at radius 1 is 0.885 bits per heavy atom. The summed E-state index contributed by atoms with van der Waals surface area (Å²) in [6.07, 6.45) is 0.731. The van der Waals surface area contributed by atoms with Crippen molar-refractivity contribution in [3.8, 4) is 0 Å². The quantitative estimate of drug-likeness (QED) is 0.678. The summed E-state index contributed by atoms with van der Waals surface area (Å²) in [5, 5.41) is 3.30. The molecular formula is C24H25NO. The molecule has 26 heavy (non-hydrogen) atoms. The molecule has 0 aliphatic rings. The van der Waals surface area contributed by atoms with E-state index in [1.807, 2.05) is 68.4 Å². The van der Waals surface area contributed by atoms with E-state index in [-0.39, 0.29) is 5.91 Å². The predicted molar refractivity (Wildman–Crippen MR) is 107 cm³/mol. The first kappa shape index (κ1) is 17.9. The highest BCUT2D eigenvalue weighted by Crippen LogP contribution is 2.26. The summed E-state index contributed by atoms with van der Waals surface area (Å²) in [5.74, 6) is -0.0338. The smallest absolute Gasteiger partial charge is 0.252 e. The van der Waals surface area contributed by atoms with Crippen LogP contribution < -0.4 is 5.32 Å². The van der Waals surface area contributed by atoms with Gasteiger partial charge in [-0.15, -0.1) is 0 Å². The molecule has 0 saturated carbocycles. The Morgan fingerprint density at radius 3 is 2.15 bits per heavy atom. The number of amides is 1. The summed E-state index contributed by atoms with van der Waals surface area (Å²) in [5.41, 5.74) is 4.62. The third-order valence-corrected chi connectivity index (χ3v) is 4.84. The minimum atomic E-state index is -0.490. The summed E-state index contributed by atoms with van der Waals surface area (Å²) in [6, 6.07) is 26.5. The van der Waals surface area contributed by atoms with Crippen LogP contribution in [-0.4, -0.2) is 5.91 Å². The van der Waals surface area contributed by atoms with Gasteiger partial charge in [-0.25, -0.2) is 0 Å². The van der Waals surface area contributed by atoms with E-state index in [4.69, 9.17) is 0 Å². The van der Waals surface area contributed by atoms with Crippen LogP contribution in [0.5, 0.6) is 0 Å². The number of carbonyl (C=O) groups is 1. The molecule has 0 fully saturated rings. The minimum Gasteiger partial charge on any atom is -0.342 e. The molecule has 3 rings (SSSR count). The average molecular weight is 343 g/mol. The third-order valence-electron chi connectivity index (χ3n) is 4.84. The standard InChI is InChI=1S/C24H25NO/c1-18-14-15-19(2)22(16-18)23(26)25-24(3,21-12-8-5-9-13-21)17-20-10-6-4-7-11-20/h4-16H,17H2,1-3H3,(H,25,26). The highest BCUT2D eigenvalue weighted by atomic mass is 16.1. The lowest BCUT2D eigenvalue weighted by Crippen LogP contribution is -2.45. The normalized spacial score (nSPS) is 13.0. The van der Waals surface area contributed by atoms with Crippen molar-refractivity contribution in [3.05, 3.63) is 107 Å². The fourth-order valence-electron chi connectivity index (χ4n) is 3.33. The Morgan fingerprint density at radius 2 is 1.50 bits per heavy atom. The molecule has 1 amide bonds. The lowest BCUT2D eigenvalue weighted by atomic mass is 9.85. The molecule has 0 radical (unpaired) electrons. The van der Waals surface area contributed by atoms with Gasteiger partial charge in [-0.05, 0) is 49.9 Å². The number of hydrogen-bond acceptors (Lipinski definition) is 1. The average Bonchev–Trinajstić information content (AvgIpc) is 2.65. The molecule has 0 spiro atoms. The highest BCUT2D eigenvalue weighted by molar-refractivity contribution is 5.96. The van der Waals surface area contributed by atoms with Crippen LogP contribution in [0, 0.1) is 13.8 Å². The number of nitrogens with one attached hydrogen (secondary N) is 1. The zero-order valence-corrected chi connectivity index (χ0v) is 15.6. The lowest BCUT2D eigenvalue weighted by Gasteiger charge is -2.32. The second-order valence-electron chi connectivity index (χ2n) is 7.13. The van der Waals surface area contributed by atoms with Gasteiger partial charge < -0.3 is 5.32 Å². The van der Waals surface area contributed by atoms with E-state index in [2.05, 4.69) is 36.5 Å². The fourth-order valence-corrected chi connectivity index (χ4v) is 3.33. The second-order valence-corrected chi connectivity index (χ2v) is 7.13. The molecule has 0 aliphatic carbocycles. The van der Waals surface area contributed by atoms with E-state index < -0.39 is 5.54 Å². The molecule has 132 valence electrons. The molecule has 0 aromatic heterocycles. The van der Waals surface area contributed by atoms with Crippen molar-refractivity contribution in [1.82, 2.24) is 5.32 Å². The summed E-state index contributed by atoms with van der Waals surface area (Å²) in [7, 11) is 0. The molecule has 3 aromatic rings. The molecule has 1 atom stereocenters. The van der Waals surface area contributed by atoms with Gasteiger partial charge in [-0.1, -0.05) is 78.4 Å². The van der Waals surface area contributed by atoms with Crippen LogP contribution in [0.25, 0.3) is 0 Å². The van der Waals surface area contributed by atoms with Gasteiger partial charge in [0.2, 0.25) is 0 Å². The number of carbonyl (C=O) groups excluding carboxylic acids is 1. The summed E-state index contributed by atoms with van der Waals surface area (Å²) in [4.78, 5) is 13.1. The van der Waals surface area contributed by atoms with Gasteiger partial charge in [0.15, 0.2) is 0 Å². The molecule has 0 bridgehead atoms. The number of hydrogen-bond donors (Lipinski definition) is 1. The van der Waals surface area contributed by atoms with Gasteiger partial charge in [0.05, 0.1) is 5.54 Å². The highest BCUT2D eigenvalue weighted by Gasteiger charge is 2.29. The van der Waals surface area contributed by atoms with Gasteiger partial charge in [-0.3, -0.25) is 4.79 Å². The molecule has 0 aliphatic heterocycles. The van der Waals surface area contributed by atoms with Crippen molar-refractivity contribution in [2.45, 2.75) is 32.7 Å². The molecule has 2 nitrogen and oxygen atoms in total. The molecule has 1 unspecified atom stereocenters. The van der Waals surface area contributed by atoms with Crippen LogP contribution in [0.4, 0.5) is 0 Å². The van der Waals surface area contributed by atoms with Crippen molar-refractivity contribution < 1.29 is 4.79 Å². The largest absolute Gasteiger partial charge is 0.342 e. The fraction of sp³-hybridized carbons (Fsp3) is 0.208. The van der Waals surface area contributed by atoms with Crippen LogP contribution in [0.15, 0.2) is 78.9 Å². The maximum Gasteiger partial charge on any atom is 0.252 e. The van der Waals surface area contributed by atoms with Crippen molar-refractivity contribution in [2.75, 3.05) is 0 Å². The maximum atomic E-state index is 13.1. The second kappa shape index (κ2) is 7.57. The van der Waals surface area contributed by atoms with E-state index >= 15 is 0 Å². The molecule has 0 heterocycles. The zero-order valence-electron chi connectivity index (χ0n) is 15.6. The lowest BCUT2D eigenvalue weighted by molar-refractivity contribution is 0.0903. The zero-order chi connectivity index (χ0) is 18.6. The third kappa shape index (κ3) is 4.02. The van der Waals surface area contributed by atoms with Crippen LogP contribution in [0.1, 0.15) is 39.5 Å². The molecule has 2 heteroatoms. The Labute approximate surface area is 155 Å². The van der Waals surface area contributed by atoms with Gasteiger partial charge in [0.1, 0.15) is 0 Å². The number of rotatable bonds is 5. The van der Waals surface area contributed by atoms with Crippen LogP contribution in [-0.2, 0) is 12.0 Å². The van der Waals surface area contributed by atoms with E-state index in [0.29, 0.717) is 0 Å². The van der Waals surface area contributed by atoms with Crippen molar-refractivity contribution >= 4 is 5.91 Å².